The van der Waals surface area contributed by atoms with E-state index in [1.807, 2.05) is 0 Å². The minimum Gasteiger partial charge on any atom is -0.466 e. The van der Waals surface area contributed by atoms with Crippen molar-refractivity contribution in [2.24, 2.45) is 0 Å². The van der Waals surface area contributed by atoms with E-state index in [0.29, 0.717) is 12.0 Å². The summed E-state index contributed by atoms with van der Waals surface area (Å²) in [5, 5.41) is 0. The fraction of sp³-hybridized carbons (Fsp3) is 0.727. The zero-order valence-corrected chi connectivity index (χ0v) is 9.88. The predicted octanol–water partition coefficient (Wildman–Crippen LogP) is 0.220. The number of rotatable bonds is 4. The maximum absolute atomic E-state index is 11.5. The zero-order valence-electron chi connectivity index (χ0n) is 9.88. The molecule has 0 N–H and O–H groups in total. The SMILES string of the molecule is COCO[C@@H]1CC(C(=O)OC)=C[C@H]2OCO[C@H]21. The Bertz CT molecular complexity index is 313. The molecule has 1 fully saturated rings. The van der Waals surface area contributed by atoms with Crippen LogP contribution in [0.4, 0.5) is 0 Å². The molecule has 0 saturated carbocycles. The minimum absolute atomic E-state index is 0.158. The van der Waals surface area contributed by atoms with Gasteiger partial charge in [0.25, 0.3) is 0 Å². The number of fused-ring (bicyclic) bond motifs is 1. The summed E-state index contributed by atoms with van der Waals surface area (Å²) in [7, 11) is 2.90. The van der Waals surface area contributed by atoms with Crippen molar-refractivity contribution in [3.63, 3.8) is 0 Å². The number of hydrogen-bond acceptors (Lipinski definition) is 6. The van der Waals surface area contributed by atoms with Crippen molar-refractivity contribution in [3.8, 4) is 0 Å². The van der Waals surface area contributed by atoms with Crippen molar-refractivity contribution in [1.82, 2.24) is 0 Å². The molecule has 6 nitrogen and oxygen atoms in total. The molecule has 17 heavy (non-hydrogen) atoms. The highest BCUT2D eigenvalue weighted by Gasteiger charge is 2.41. The largest absolute Gasteiger partial charge is 0.466 e. The summed E-state index contributed by atoms with van der Waals surface area (Å²) in [4.78, 5) is 11.5. The van der Waals surface area contributed by atoms with Gasteiger partial charge in [-0.1, -0.05) is 0 Å². The monoisotopic (exact) mass is 244 g/mol. The van der Waals surface area contributed by atoms with Crippen molar-refractivity contribution >= 4 is 5.97 Å². The number of esters is 1. The van der Waals surface area contributed by atoms with E-state index in [-0.39, 0.29) is 37.9 Å². The second-order valence-corrected chi connectivity index (χ2v) is 3.88. The van der Waals surface area contributed by atoms with E-state index in [1.54, 1.807) is 13.2 Å². The number of ether oxygens (including phenoxy) is 5. The smallest absolute Gasteiger partial charge is 0.333 e. The van der Waals surface area contributed by atoms with Gasteiger partial charge in [0, 0.05) is 19.1 Å². The van der Waals surface area contributed by atoms with Gasteiger partial charge < -0.3 is 23.7 Å². The molecule has 0 radical (unpaired) electrons. The molecule has 0 aromatic heterocycles. The molecular formula is C11H16O6. The van der Waals surface area contributed by atoms with Gasteiger partial charge in [0.15, 0.2) is 0 Å². The van der Waals surface area contributed by atoms with Crippen LogP contribution < -0.4 is 0 Å². The Morgan fingerprint density at radius 3 is 3.00 bits per heavy atom. The first-order chi connectivity index (χ1) is 8.26. The van der Waals surface area contributed by atoms with Crippen LogP contribution in [0.5, 0.6) is 0 Å². The average Bonchev–Trinajstić information content (AvgIpc) is 2.82. The van der Waals surface area contributed by atoms with Crippen LogP contribution in [0.15, 0.2) is 11.6 Å². The maximum Gasteiger partial charge on any atom is 0.333 e. The maximum atomic E-state index is 11.5. The third-order valence-corrected chi connectivity index (χ3v) is 2.85. The molecule has 0 aromatic carbocycles. The molecule has 0 bridgehead atoms. The lowest BCUT2D eigenvalue weighted by molar-refractivity contribution is -0.140. The first kappa shape index (κ1) is 12.5. The van der Waals surface area contributed by atoms with E-state index in [2.05, 4.69) is 0 Å². The molecule has 1 aliphatic carbocycles. The van der Waals surface area contributed by atoms with Gasteiger partial charge in [0.1, 0.15) is 25.8 Å². The Morgan fingerprint density at radius 1 is 1.47 bits per heavy atom. The molecule has 1 saturated heterocycles. The fourth-order valence-corrected chi connectivity index (χ4v) is 2.04. The highest BCUT2D eigenvalue weighted by molar-refractivity contribution is 5.88. The standard InChI is InChI=1S/C11H16O6/c1-13-5-15-8-3-7(11(12)14-2)4-9-10(8)17-6-16-9/h4,8-10H,3,5-6H2,1-2H3/t8-,9-,10+/m1/s1. The van der Waals surface area contributed by atoms with Crippen molar-refractivity contribution in [1.29, 1.82) is 0 Å². The fourth-order valence-electron chi connectivity index (χ4n) is 2.04. The Hall–Kier alpha value is -0.950. The Balaban J connectivity index is 2.08. The molecule has 0 aromatic rings. The highest BCUT2D eigenvalue weighted by atomic mass is 16.7. The van der Waals surface area contributed by atoms with E-state index in [9.17, 15) is 4.79 Å². The third kappa shape index (κ3) is 2.66. The lowest BCUT2D eigenvalue weighted by Crippen LogP contribution is -2.41. The summed E-state index contributed by atoms with van der Waals surface area (Å²) >= 11 is 0. The van der Waals surface area contributed by atoms with Gasteiger partial charge in [-0.25, -0.2) is 4.79 Å². The second-order valence-electron chi connectivity index (χ2n) is 3.88. The molecule has 96 valence electrons. The number of carbonyl (C=O) groups excluding carboxylic acids is 1. The molecule has 0 amide bonds. The quantitative estimate of drug-likeness (QED) is 0.520. The van der Waals surface area contributed by atoms with Gasteiger partial charge in [0.05, 0.1) is 13.2 Å². The lowest BCUT2D eigenvalue weighted by Gasteiger charge is -2.29. The summed E-state index contributed by atoms with van der Waals surface area (Å²) in [6, 6.07) is 0. The first-order valence-electron chi connectivity index (χ1n) is 5.39. The molecule has 6 heteroatoms. The Morgan fingerprint density at radius 2 is 2.29 bits per heavy atom. The van der Waals surface area contributed by atoms with Gasteiger partial charge in [-0.2, -0.15) is 0 Å². The van der Waals surface area contributed by atoms with Gasteiger partial charge in [0.2, 0.25) is 0 Å². The van der Waals surface area contributed by atoms with E-state index >= 15 is 0 Å². The third-order valence-electron chi connectivity index (χ3n) is 2.85. The summed E-state index contributed by atoms with van der Waals surface area (Å²) in [5.74, 6) is -0.357. The summed E-state index contributed by atoms with van der Waals surface area (Å²) in [5.41, 5.74) is 0.556. The molecule has 0 unspecified atom stereocenters. The summed E-state index contributed by atoms with van der Waals surface area (Å²) in [6.07, 6.45) is 1.51. The summed E-state index contributed by atoms with van der Waals surface area (Å²) in [6.45, 7) is 0.374. The number of carbonyl (C=O) groups is 1. The Kier molecular flexibility index (Phi) is 4.11. The van der Waals surface area contributed by atoms with Crippen molar-refractivity contribution in [3.05, 3.63) is 11.6 Å². The normalized spacial score (nSPS) is 31.9. The van der Waals surface area contributed by atoms with Crippen LogP contribution in [0.1, 0.15) is 6.42 Å². The van der Waals surface area contributed by atoms with E-state index < -0.39 is 0 Å². The molecular weight excluding hydrogens is 228 g/mol. The molecule has 1 heterocycles. The molecule has 0 spiro atoms. The van der Waals surface area contributed by atoms with Crippen LogP contribution in [0.2, 0.25) is 0 Å². The van der Waals surface area contributed by atoms with Crippen molar-refractivity contribution < 1.29 is 28.5 Å². The topological polar surface area (TPSA) is 63.2 Å². The number of hydrogen-bond donors (Lipinski definition) is 0. The van der Waals surface area contributed by atoms with Gasteiger partial charge in [-0.05, 0) is 6.08 Å². The average molecular weight is 244 g/mol. The van der Waals surface area contributed by atoms with Crippen LogP contribution in [-0.2, 0) is 28.5 Å². The molecule has 2 aliphatic rings. The van der Waals surface area contributed by atoms with Gasteiger partial charge >= 0.3 is 5.97 Å². The lowest BCUT2D eigenvalue weighted by atomic mass is 9.92. The second kappa shape index (κ2) is 5.59. The van der Waals surface area contributed by atoms with Crippen molar-refractivity contribution in [2.45, 2.75) is 24.7 Å². The molecule has 2 rings (SSSR count). The molecule has 3 atom stereocenters. The van der Waals surface area contributed by atoms with Gasteiger partial charge in [-0.15, -0.1) is 0 Å². The van der Waals surface area contributed by atoms with Crippen LogP contribution in [0.3, 0.4) is 0 Å². The van der Waals surface area contributed by atoms with Crippen molar-refractivity contribution in [2.75, 3.05) is 27.8 Å². The minimum atomic E-state index is -0.357. The predicted molar refractivity (Wildman–Crippen MR) is 56.1 cm³/mol. The van der Waals surface area contributed by atoms with E-state index in [0.717, 1.165) is 0 Å². The summed E-state index contributed by atoms with van der Waals surface area (Å²) < 4.78 is 25.9. The van der Waals surface area contributed by atoms with Crippen LogP contribution in [0, 0.1) is 0 Å². The number of methoxy groups -OCH3 is 2. The van der Waals surface area contributed by atoms with Crippen LogP contribution in [-0.4, -0.2) is 52.1 Å². The van der Waals surface area contributed by atoms with E-state index in [1.165, 1.54) is 7.11 Å². The van der Waals surface area contributed by atoms with Gasteiger partial charge in [-0.3, -0.25) is 0 Å². The zero-order chi connectivity index (χ0) is 12.3. The first-order valence-corrected chi connectivity index (χ1v) is 5.39. The Labute approximate surface area is 99.4 Å². The molecule has 1 aliphatic heterocycles. The highest BCUT2D eigenvalue weighted by Crippen LogP contribution is 2.30. The van der Waals surface area contributed by atoms with E-state index in [4.69, 9.17) is 23.7 Å². The van der Waals surface area contributed by atoms with Crippen LogP contribution >= 0.6 is 0 Å². The van der Waals surface area contributed by atoms with Crippen LogP contribution in [0.25, 0.3) is 0 Å².